The first-order valence-electron chi connectivity index (χ1n) is 6.84. The van der Waals surface area contributed by atoms with Crippen molar-refractivity contribution in [3.05, 3.63) is 71.7 Å². The lowest BCUT2D eigenvalue weighted by molar-refractivity contribution is 0.478. The van der Waals surface area contributed by atoms with Crippen molar-refractivity contribution < 1.29 is 13.2 Å². The van der Waals surface area contributed by atoms with E-state index in [2.05, 4.69) is 9.71 Å². The van der Waals surface area contributed by atoms with Crippen molar-refractivity contribution in [2.24, 2.45) is 0 Å². The van der Waals surface area contributed by atoms with E-state index < -0.39 is 10.0 Å². The number of aromatic nitrogens is 1. The Labute approximate surface area is 138 Å². The highest BCUT2D eigenvalue weighted by Crippen LogP contribution is 2.23. The van der Waals surface area contributed by atoms with Gasteiger partial charge in [-0.3, -0.25) is 0 Å². The summed E-state index contributed by atoms with van der Waals surface area (Å²) in [6.45, 7) is 0.217. The van der Waals surface area contributed by atoms with Crippen molar-refractivity contribution in [2.75, 3.05) is 0 Å². The van der Waals surface area contributed by atoms with Crippen molar-refractivity contribution in [1.82, 2.24) is 9.71 Å². The molecule has 0 radical (unpaired) electrons. The van der Waals surface area contributed by atoms with Gasteiger partial charge in [-0.15, -0.1) is 0 Å². The fourth-order valence-corrected chi connectivity index (χ4v) is 3.44. The molecule has 3 rings (SSSR count). The molecule has 0 unspecified atom stereocenters. The molecule has 0 amide bonds. The molecule has 0 spiro atoms. The second kappa shape index (κ2) is 6.91. The van der Waals surface area contributed by atoms with Crippen molar-refractivity contribution in [1.29, 1.82) is 0 Å². The highest BCUT2D eigenvalue weighted by atomic mass is 32.2. The number of rotatable bonds is 6. The van der Waals surface area contributed by atoms with E-state index in [1.165, 1.54) is 11.3 Å². The molecule has 0 aliphatic heterocycles. The second-order valence-corrected chi connectivity index (χ2v) is 7.31. The molecular weight excluding hydrogens is 332 g/mol. The van der Waals surface area contributed by atoms with Gasteiger partial charge in [0.05, 0.1) is 4.90 Å². The minimum atomic E-state index is -3.50. The minimum absolute atomic E-state index is 0.217. The van der Waals surface area contributed by atoms with Crippen molar-refractivity contribution in [3.63, 3.8) is 0 Å². The fraction of sp³-hybridized carbons (Fsp3) is 0.0625. The molecule has 0 saturated heterocycles. The molecule has 118 valence electrons. The summed E-state index contributed by atoms with van der Waals surface area (Å²) in [7, 11) is -3.50. The van der Waals surface area contributed by atoms with Crippen LogP contribution in [0.5, 0.6) is 10.9 Å². The smallest absolute Gasteiger partial charge is 0.278 e. The summed E-state index contributed by atoms with van der Waals surface area (Å²) in [5.41, 5.74) is 0.844. The maximum Gasteiger partial charge on any atom is 0.278 e. The predicted octanol–water partition coefficient (Wildman–Crippen LogP) is 3.41. The lowest BCUT2D eigenvalue weighted by atomic mass is 10.2. The van der Waals surface area contributed by atoms with Crippen LogP contribution in [0.1, 0.15) is 5.56 Å². The van der Waals surface area contributed by atoms with Crippen LogP contribution in [0.3, 0.4) is 0 Å². The summed E-state index contributed by atoms with van der Waals surface area (Å²) in [5, 5.41) is 2.41. The first-order valence-corrected chi connectivity index (χ1v) is 9.21. The highest BCUT2D eigenvalue weighted by Gasteiger charge is 2.12. The van der Waals surface area contributed by atoms with Gasteiger partial charge in [0.25, 0.3) is 5.19 Å². The molecule has 0 saturated carbocycles. The zero-order valence-electron chi connectivity index (χ0n) is 12.0. The summed E-state index contributed by atoms with van der Waals surface area (Å²) < 4.78 is 32.4. The topological polar surface area (TPSA) is 68.3 Å². The van der Waals surface area contributed by atoms with Crippen LogP contribution in [-0.2, 0) is 16.6 Å². The van der Waals surface area contributed by atoms with E-state index in [0.29, 0.717) is 10.9 Å². The number of benzene rings is 2. The SMILES string of the molecule is O=S(=O)(NCc1ccc(Oc2nccs2)cc1)c1ccccc1. The predicted molar refractivity (Wildman–Crippen MR) is 89.1 cm³/mol. The lowest BCUT2D eigenvalue weighted by Crippen LogP contribution is -2.23. The molecule has 1 aromatic heterocycles. The third-order valence-corrected chi connectivity index (χ3v) is 5.12. The van der Waals surface area contributed by atoms with E-state index in [4.69, 9.17) is 4.74 Å². The zero-order chi connectivity index (χ0) is 16.1. The maximum absolute atomic E-state index is 12.1. The van der Waals surface area contributed by atoms with Crippen molar-refractivity contribution in [2.45, 2.75) is 11.4 Å². The van der Waals surface area contributed by atoms with E-state index >= 15 is 0 Å². The highest BCUT2D eigenvalue weighted by molar-refractivity contribution is 7.89. The van der Waals surface area contributed by atoms with Gasteiger partial charge >= 0.3 is 0 Å². The lowest BCUT2D eigenvalue weighted by Gasteiger charge is -2.07. The van der Waals surface area contributed by atoms with Crippen LogP contribution in [0.2, 0.25) is 0 Å². The summed E-state index contributed by atoms with van der Waals surface area (Å²) in [4.78, 5) is 4.29. The molecule has 0 fully saturated rings. The minimum Gasteiger partial charge on any atom is -0.431 e. The van der Waals surface area contributed by atoms with Crippen LogP contribution in [0.4, 0.5) is 0 Å². The van der Waals surface area contributed by atoms with Crippen LogP contribution < -0.4 is 9.46 Å². The van der Waals surface area contributed by atoms with Gasteiger partial charge in [-0.25, -0.2) is 18.1 Å². The number of nitrogens with one attached hydrogen (secondary N) is 1. The van der Waals surface area contributed by atoms with Gasteiger partial charge in [0, 0.05) is 18.1 Å². The Morgan fingerprint density at radius 2 is 1.78 bits per heavy atom. The van der Waals surface area contributed by atoms with E-state index in [0.717, 1.165) is 5.56 Å². The monoisotopic (exact) mass is 346 g/mol. The van der Waals surface area contributed by atoms with E-state index in [-0.39, 0.29) is 11.4 Å². The van der Waals surface area contributed by atoms with Crippen molar-refractivity contribution >= 4 is 21.4 Å². The molecule has 1 N–H and O–H groups in total. The largest absolute Gasteiger partial charge is 0.431 e. The number of thiazole rings is 1. The number of sulfonamides is 1. The zero-order valence-corrected chi connectivity index (χ0v) is 13.7. The van der Waals surface area contributed by atoms with E-state index in [9.17, 15) is 8.42 Å². The Balaban J connectivity index is 1.62. The summed E-state index contributed by atoms with van der Waals surface area (Å²) in [6, 6.07) is 15.5. The third kappa shape index (κ3) is 4.16. The average Bonchev–Trinajstić information content (AvgIpc) is 3.08. The second-order valence-electron chi connectivity index (χ2n) is 4.68. The Kier molecular flexibility index (Phi) is 4.71. The van der Waals surface area contributed by atoms with Gasteiger partial charge < -0.3 is 4.74 Å². The van der Waals surface area contributed by atoms with Crippen LogP contribution in [-0.4, -0.2) is 13.4 Å². The Bertz CT molecular complexity index is 846. The molecule has 7 heteroatoms. The fourth-order valence-electron chi connectivity index (χ4n) is 1.90. The molecule has 5 nitrogen and oxygen atoms in total. The normalized spacial score (nSPS) is 11.3. The van der Waals surface area contributed by atoms with Gasteiger partial charge in [-0.2, -0.15) is 0 Å². The Morgan fingerprint density at radius 1 is 1.04 bits per heavy atom. The number of ether oxygens (including phenoxy) is 1. The maximum atomic E-state index is 12.1. The van der Waals surface area contributed by atoms with Crippen LogP contribution in [0, 0.1) is 0 Å². The summed E-state index contributed by atoms with van der Waals surface area (Å²) >= 11 is 1.41. The number of nitrogens with zero attached hydrogens (tertiary/aromatic N) is 1. The molecule has 2 aromatic carbocycles. The van der Waals surface area contributed by atoms with Gasteiger partial charge in [-0.05, 0) is 29.8 Å². The van der Waals surface area contributed by atoms with Gasteiger partial charge in [0.2, 0.25) is 10.0 Å². The van der Waals surface area contributed by atoms with E-state index in [1.54, 1.807) is 48.7 Å². The number of hydrogen-bond acceptors (Lipinski definition) is 5. The van der Waals surface area contributed by atoms with Gasteiger partial charge in [-0.1, -0.05) is 41.7 Å². The first-order chi connectivity index (χ1) is 11.1. The molecule has 0 bridgehead atoms. The van der Waals surface area contributed by atoms with Crippen molar-refractivity contribution in [3.8, 4) is 10.9 Å². The van der Waals surface area contributed by atoms with Gasteiger partial charge in [0.15, 0.2) is 0 Å². The van der Waals surface area contributed by atoms with Crippen LogP contribution in [0.25, 0.3) is 0 Å². The molecule has 3 aromatic rings. The summed E-state index contributed by atoms with van der Waals surface area (Å²) in [6.07, 6.45) is 1.67. The van der Waals surface area contributed by atoms with Crippen LogP contribution in [0.15, 0.2) is 71.1 Å². The standard InChI is InChI=1S/C16H14N2O3S2/c19-23(20,15-4-2-1-3-5-15)18-12-13-6-8-14(9-7-13)21-16-17-10-11-22-16/h1-11,18H,12H2. The quantitative estimate of drug-likeness (QED) is 0.743. The number of hydrogen-bond donors (Lipinski definition) is 1. The average molecular weight is 346 g/mol. The Morgan fingerprint density at radius 3 is 2.43 bits per heavy atom. The third-order valence-electron chi connectivity index (χ3n) is 3.06. The van der Waals surface area contributed by atoms with E-state index in [1.807, 2.05) is 17.5 Å². The molecule has 0 aliphatic carbocycles. The van der Waals surface area contributed by atoms with Gasteiger partial charge in [0.1, 0.15) is 5.75 Å². The molecule has 1 heterocycles. The molecule has 0 aliphatic rings. The molecular formula is C16H14N2O3S2. The Hall–Kier alpha value is -2.22. The molecule has 0 atom stereocenters. The summed E-state index contributed by atoms with van der Waals surface area (Å²) in [5.74, 6) is 0.662. The first kappa shape index (κ1) is 15.7. The van der Waals surface area contributed by atoms with Crippen LogP contribution >= 0.6 is 11.3 Å². The molecule has 23 heavy (non-hydrogen) atoms.